The third kappa shape index (κ3) is 3.56. The first kappa shape index (κ1) is 17.3. The molecule has 6 heteroatoms. The first-order valence-electron chi connectivity index (χ1n) is 9.03. The van der Waals surface area contributed by atoms with Gasteiger partial charge < -0.3 is 15.2 Å². The summed E-state index contributed by atoms with van der Waals surface area (Å²) in [5.74, 6) is -0.626. The van der Waals surface area contributed by atoms with Crippen LogP contribution in [0.25, 0.3) is 10.9 Å². The minimum Gasteiger partial charge on any atom is -0.361 e. The van der Waals surface area contributed by atoms with E-state index in [2.05, 4.69) is 10.3 Å². The minimum absolute atomic E-state index is 0.0161. The van der Waals surface area contributed by atoms with Crippen molar-refractivity contribution in [1.29, 1.82) is 0 Å². The average Bonchev–Trinajstić information content (AvgIpc) is 3.18. The monoisotopic (exact) mass is 365 g/mol. The van der Waals surface area contributed by atoms with E-state index in [1.807, 2.05) is 30.5 Å². The van der Waals surface area contributed by atoms with E-state index in [-0.39, 0.29) is 23.5 Å². The third-order valence-corrected chi connectivity index (χ3v) is 5.10. The number of hydrogen-bond acceptors (Lipinski definition) is 2. The molecule has 1 aromatic heterocycles. The highest BCUT2D eigenvalue weighted by molar-refractivity contribution is 6.02. The average molecular weight is 365 g/mol. The molecule has 5 nitrogen and oxygen atoms in total. The van der Waals surface area contributed by atoms with Crippen LogP contribution in [0.3, 0.4) is 0 Å². The van der Waals surface area contributed by atoms with Crippen molar-refractivity contribution in [3.8, 4) is 0 Å². The number of benzene rings is 2. The third-order valence-electron chi connectivity index (χ3n) is 5.10. The topological polar surface area (TPSA) is 65.2 Å². The second-order valence-corrected chi connectivity index (χ2v) is 6.81. The van der Waals surface area contributed by atoms with Gasteiger partial charge in [0.15, 0.2) is 0 Å². The Morgan fingerprint density at radius 3 is 2.52 bits per heavy atom. The van der Waals surface area contributed by atoms with Crippen molar-refractivity contribution in [3.63, 3.8) is 0 Å². The molecule has 1 aliphatic heterocycles. The zero-order valence-electron chi connectivity index (χ0n) is 14.7. The Hall–Kier alpha value is -3.15. The molecule has 0 radical (unpaired) electrons. The highest BCUT2D eigenvalue weighted by Gasteiger charge is 2.28. The van der Waals surface area contributed by atoms with Gasteiger partial charge in [0.1, 0.15) is 5.82 Å². The summed E-state index contributed by atoms with van der Waals surface area (Å²) < 4.78 is 13.0. The molecule has 27 heavy (non-hydrogen) atoms. The fraction of sp³-hybridized carbons (Fsp3) is 0.238. The second kappa shape index (κ2) is 7.23. The molecule has 2 amide bonds. The maximum Gasteiger partial charge on any atom is 0.253 e. The van der Waals surface area contributed by atoms with Crippen LogP contribution in [-0.4, -0.2) is 34.8 Å². The molecule has 1 fully saturated rings. The van der Waals surface area contributed by atoms with Gasteiger partial charge >= 0.3 is 0 Å². The number of carbonyl (C=O) groups is 2. The van der Waals surface area contributed by atoms with Gasteiger partial charge in [-0.1, -0.05) is 6.07 Å². The van der Waals surface area contributed by atoms with Crippen molar-refractivity contribution in [1.82, 2.24) is 9.88 Å². The summed E-state index contributed by atoms with van der Waals surface area (Å²) in [5.41, 5.74) is 2.24. The summed E-state index contributed by atoms with van der Waals surface area (Å²) in [7, 11) is 0. The number of amides is 2. The molecule has 0 saturated carbocycles. The Balaban J connectivity index is 1.37. The molecule has 2 heterocycles. The summed E-state index contributed by atoms with van der Waals surface area (Å²) in [6, 6.07) is 13.3. The van der Waals surface area contributed by atoms with Crippen molar-refractivity contribution in [2.45, 2.75) is 12.8 Å². The lowest BCUT2D eigenvalue weighted by atomic mass is 9.95. The van der Waals surface area contributed by atoms with Gasteiger partial charge in [-0.3, -0.25) is 9.59 Å². The van der Waals surface area contributed by atoms with E-state index in [0.717, 1.165) is 16.6 Å². The summed E-state index contributed by atoms with van der Waals surface area (Å²) in [6.45, 7) is 1.03. The van der Waals surface area contributed by atoms with Gasteiger partial charge in [-0.05, 0) is 55.3 Å². The van der Waals surface area contributed by atoms with Gasteiger partial charge in [0.2, 0.25) is 5.91 Å². The Labute approximate surface area is 156 Å². The Morgan fingerprint density at radius 1 is 1.04 bits per heavy atom. The van der Waals surface area contributed by atoms with Gasteiger partial charge in [0, 0.05) is 41.7 Å². The van der Waals surface area contributed by atoms with E-state index < -0.39 is 0 Å². The number of aromatic amines is 1. The zero-order valence-corrected chi connectivity index (χ0v) is 14.7. The lowest BCUT2D eigenvalue weighted by Gasteiger charge is -2.31. The maximum absolute atomic E-state index is 13.0. The lowest BCUT2D eigenvalue weighted by Crippen LogP contribution is -2.41. The lowest BCUT2D eigenvalue weighted by molar-refractivity contribution is -0.121. The Morgan fingerprint density at radius 2 is 1.78 bits per heavy atom. The standard InChI is InChI=1S/C21H20FN3O2/c22-16-6-4-15(5-7-16)21(27)25-12-9-14(10-13-25)20(26)24-19-3-1-2-18-17(19)8-11-23-18/h1-8,11,14,23H,9-10,12-13H2,(H,24,26). The fourth-order valence-corrected chi connectivity index (χ4v) is 3.55. The van der Waals surface area contributed by atoms with Crippen molar-refractivity contribution >= 4 is 28.4 Å². The largest absolute Gasteiger partial charge is 0.361 e. The van der Waals surface area contributed by atoms with Gasteiger partial charge in [-0.2, -0.15) is 0 Å². The number of aromatic nitrogens is 1. The molecular weight excluding hydrogens is 345 g/mol. The summed E-state index contributed by atoms with van der Waals surface area (Å²) in [4.78, 5) is 30.0. The highest BCUT2D eigenvalue weighted by Crippen LogP contribution is 2.25. The number of nitrogens with zero attached hydrogens (tertiary/aromatic N) is 1. The quantitative estimate of drug-likeness (QED) is 0.741. The van der Waals surface area contributed by atoms with Crippen LogP contribution in [0.4, 0.5) is 10.1 Å². The second-order valence-electron chi connectivity index (χ2n) is 6.81. The molecule has 1 saturated heterocycles. The van der Waals surface area contributed by atoms with E-state index in [1.165, 1.54) is 24.3 Å². The molecule has 3 aromatic rings. The number of carbonyl (C=O) groups excluding carboxylic acids is 2. The van der Waals surface area contributed by atoms with Crippen LogP contribution in [0.5, 0.6) is 0 Å². The molecule has 2 aromatic carbocycles. The van der Waals surface area contributed by atoms with Crippen LogP contribution in [0.15, 0.2) is 54.7 Å². The van der Waals surface area contributed by atoms with E-state index in [4.69, 9.17) is 0 Å². The van der Waals surface area contributed by atoms with Crippen LogP contribution in [0, 0.1) is 11.7 Å². The van der Waals surface area contributed by atoms with Crippen molar-refractivity contribution in [2.75, 3.05) is 18.4 Å². The van der Waals surface area contributed by atoms with Crippen molar-refractivity contribution < 1.29 is 14.0 Å². The molecule has 2 N–H and O–H groups in total. The number of nitrogens with one attached hydrogen (secondary N) is 2. The normalized spacial score (nSPS) is 15.1. The molecule has 4 rings (SSSR count). The number of anilines is 1. The molecule has 0 bridgehead atoms. The molecule has 0 unspecified atom stereocenters. The van der Waals surface area contributed by atoms with E-state index in [9.17, 15) is 14.0 Å². The first-order valence-corrected chi connectivity index (χ1v) is 9.03. The van der Waals surface area contributed by atoms with Crippen LogP contribution in [0.1, 0.15) is 23.2 Å². The predicted octanol–water partition coefficient (Wildman–Crippen LogP) is 3.80. The number of halogens is 1. The zero-order chi connectivity index (χ0) is 18.8. The fourth-order valence-electron chi connectivity index (χ4n) is 3.55. The highest BCUT2D eigenvalue weighted by atomic mass is 19.1. The van der Waals surface area contributed by atoms with Crippen molar-refractivity contribution in [3.05, 3.63) is 66.1 Å². The Bertz CT molecular complexity index is 973. The number of likely N-dealkylation sites (tertiary alicyclic amines) is 1. The van der Waals surface area contributed by atoms with Gasteiger partial charge in [-0.15, -0.1) is 0 Å². The number of H-pyrrole nitrogens is 1. The SMILES string of the molecule is O=C(Nc1cccc2[nH]ccc12)C1CCN(C(=O)c2ccc(F)cc2)CC1. The van der Waals surface area contributed by atoms with E-state index >= 15 is 0 Å². The molecule has 138 valence electrons. The smallest absolute Gasteiger partial charge is 0.253 e. The predicted molar refractivity (Wildman–Crippen MR) is 102 cm³/mol. The van der Waals surface area contributed by atoms with Gasteiger partial charge in [-0.25, -0.2) is 4.39 Å². The molecule has 0 atom stereocenters. The number of rotatable bonds is 3. The minimum atomic E-state index is -0.362. The summed E-state index contributed by atoms with van der Waals surface area (Å²) >= 11 is 0. The van der Waals surface area contributed by atoms with Crippen LogP contribution in [0.2, 0.25) is 0 Å². The number of hydrogen-bond donors (Lipinski definition) is 2. The van der Waals surface area contributed by atoms with Gasteiger partial charge in [0.25, 0.3) is 5.91 Å². The maximum atomic E-state index is 13.0. The van der Waals surface area contributed by atoms with Crippen LogP contribution in [-0.2, 0) is 4.79 Å². The van der Waals surface area contributed by atoms with Gasteiger partial charge in [0.05, 0.1) is 5.69 Å². The van der Waals surface area contributed by atoms with Crippen LogP contribution >= 0.6 is 0 Å². The first-order chi connectivity index (χ1) is 13.1. The van der Waals surface area contributed by atoms with E-state index in [0.29, 0.717) is 31.5 Å². The molecular formula is C21H20FN3O2. The van der Waals surface area contributed by atoms with E-state index in [1.54, 1.807) is 4.90 Å². The van der Waals surface area contributed by atoms with Crippen LogP contribution < -0.4 is 5.32 Å². The summed E-state index contributed by atoms with van der Waals surface area (Å²) in [5, 5.41) is 4.00. The Kier molecular flexibility index (Phi) is 4.62. The molecule has 0 spiro atoms. The summed E-state index contributed by atoms with van der Waals surface area (Å²) in [6.07, 6.45) is 3.07. The number of fused-ring (bicyclic) bond motifs is 1. The van der Waals surface area contributed by atoms with Crippen molar-refractivity contribution in [2.24, 2.45) is 5.92 Å². The molecule has 0 aliphatic carbocycles. The molecule has 1 aliphatic rings. The number of piperidine rings is 1.